The largest absolute Gasteiger partial charge is 0.489 e. The fourth-order valence-corrected chi connectivity index (χ4v) is 2.37. The SMILES string of the molecule is O=C(O/N=C/c1ccc(OCc2ccccc2)cc1)c1ccc(C(F)(F)F)cc1. The van der Waals surface area contributed by atoms with Gasteiger partial charge in [-0.2, -0.15) is 13.2 Å². The lowest BCUT2D eigenvalue weighted by molar-refractivity contribution is -0.137. The highest BCUT2D eigenvalue weighted by Crippen LogP contribution is 2.29. The quantitative estimate of drug-likeness (QED) is 0.314. The van der Waals surface area contributed by atoms with Gasteiger partial charge in [-0.3, -0.25) is 0 Å². The molecule has 0 unspecified atom stereocenters. The number of hydrogen-bond donors (Lipinski definition) is 0. The van der Waals surface area contributed by atoms with Gasteiger partial charge in [-0.1, -0.05) is 35.5 Å². The van der Waals surface area contributed by atoms with Crippen LogP contribution in [0.25, 0.3) is 0 Å². The minimum absolute atomic E-state index is 0.0280. The molecule has 0 amide bonds. The molecule has 29 heavy (non-hydrogen) atoms. The molecule has 0 aliphatic heterocycles. The van der Waals surface area contributed by atoms with E-state index in [-0.39, 0.29) is 5.56 Å². The number of benzene rings is 3. The van der Waals surface area contributed by atoms with Crippen molar-refractivity contribution in [2.24, 2.45) is 5.16 Å². The lowest BCUT2D eigenvalue weighted by Gasteiger charge is -2.06. The van der Waals surface area contributed by atoms with Crippen LogP contribution < -0.4 is 4.74 Å². The smallest absolute Gasteiger partial charge is 0.416 e. The van der Waals surface area contributed by atoms with Crippen LogP contribution in [0, 0.1) is 0 Å². The van der Waals surface area contributed by atoms with Gasteiger partial charge in [0, 0.05) is 0 Å². The second-order valence-corrected chi connectivity index (χ2v) is 6.03. The minimum Gasteiger partial charge on any atom is -0.489 e. The molecule has 0 radical (unpaired) electrons. The van der Waals surface area contributed by atoms with E-state index in [1.807, 2.05) is 30.3 Å². The molecular formula is C22H16F3NO3. The van der Waals surface area contributed by atoms with Crippen LogP contribution in [0.5, 0.6) is 5.75 Å². The zero-order valence-corrected chi connectivity index (χ0v) is 15.1. The van der Waals surface area contributed by atoms with Crippen LogP contribution in [-0.2, 0) is 17.6 Å². The zero-order chi connectivity index (χ0) is 20.7. The number of alkyl halides is 3. The summed E-state index contributed by atoms with van der Waals surface area (Å²) in [7, 11) is 0. The number of halogens is 3. The summed E-state index contributed by atoms with van der Waals surface area (Å²) in [5.41, 5.74) is 0.845. The standard InChI is InChI=1S/C22H16F3NO3/c23-22(24,25)19-10-8-18(9-11-19)21(27)29-26-14-16-6-12-20(13-7-16)28-15-17-4-2-1-3-5-17/h1-14H,15H2/b26-14+. The van der Waals surface area contributed by atoms with Crippen molar-refractivity contribution < 1.29 is 27.5 Å². The second-order valence-electron chi connectivity index (χ2n) is 6.03. The van der Waals surface area contributed by atoms with Gasteiger partial charge in [0.1, 0.15) is 12.4 Å². The zero-order valence-electron chi connectivity index (χ0n) is 15.1. The maximum Gasteiger partial charge on any atom is 0.416 e. The third-order valence-corrected chi connectivity index (χ3v) is 3.91. The number of ether oxygens (including phenoxy) is 1. The minimum atomic E-state index is -4.46. The topological polar surface area (TPSA) is 47.9 Å². The molecular weight excluding hydrogens is 383 g/mol. The highest BCUT2D eigenvalue weighted by Gasteiger charge is 2.30. The van der Waals surface area contributed by atoms with E-state index in [0.717, 1.165) is 29.8 Å². The Bertz CT molecular complexity index is 967. The van der Waals surface area contributed by atoms with Gasteiger partial charge < -0.3 is 9.57 Å². The third kappa shape index (κ3) is 5.93. The number of rotatable bonds is 6. The van der Waals surface area contributed by atoms with Crippen LogP contribution in [0.4, 0.5) is 13.2 Å². The van der Waals surface area contributed by atoms with Gasteiger partial charge in [0.2, 0.25) is 0 Å². The van der Waals surface area contributed by atoms with Crippen molar-refractivity contribution in [2.45, 2.75) is 12.8 Å². The maximum absolute atomic E-state index is 12.5. The number of nitrogens with zero attached hydrogens (tertiary/aromatic N) is 1. The summed E-state index contributed by atoms with van der Waals surface area (Å²) in [6.07, 6.45) is -3.14. The molecule has 148 valence electrons. The van der Waals surface area contributed by atoms with Gasteiger partial charge in [-0.15, -0.1) is 0 Å². The van der Waals surface area contributed by atoms with Gasteiger partial charge in [0.15, 0.2) is 0 Å². The van der Waals surface area contributed by atoms with E-state index >= 15 is 0 Å². The average Bonchev–Trinajstić information content (AvgIpc) is 2.73. The molecule has 0 bridgehead atoms. The van der Waals surface area contributed by atoms with Crippen molar-refractivity contribution in [1.29, 1.82) is 0 Å². The van der Waals surface area contributed by atoms with Gasteiger partial charge in [-0.05, 0) is 59.7 Å². The Morgan fingerprint density at radius 2 is 1.55 bits per heavy atom. The van der Waals surface area contributed by atoms with Crippen molar-refractivity contribution in [3.05, 3.63) is 101 Å². The summed E-state index contributed by atoms with van der Waals surface area (Å²) in [6.45, 7) is 0.443. The van der Waals surface area contributed by atoms with E-state index in [9.17, 15) is 18.0 Å². The molecule has 0 atom stereocenters. The third-order valence-electron chi connectivity index (χ3n) is 3.91. The highest BCUT2D eigenvalue weighted by atomic mass is 19.4. The molecule has 0 fully saturated rings. The van der Waals surface area contributed by atoms with Crippen molar-refractivity contribution in [3.63, 3.8) is 0 Å². The van der Waals surface area contributed by atoms with Crippen molar-refractivity contribution in [3.8, 4) is 5.75 Å². The summed E-state index contributed by atoms with van der Waals surface area (Å²) in [6, 6.07) is 20.4. The Kier molecular flexibility index (Phi) is 6.29. The average molecular weight is 399 g/mol. The van der Waals surface area contributed by atoms with Gasteiger partial charge in [0.05, 0.1) is 17.3 Å². The van der Waals surface area contributed by atoms with Crippen LogP contribution in [0.3, 0.4) is 0 Å². The molecule has 0 saturated heterocycles. The summed E-state index contributed by atoms with van der Waals surface area (Å²) >= 11 is 0. The number of hydrogen-bond acceptors (Lipinski definition) is 4. The molecule has 0 saturated carbocycles. The van der Waals surface area contributed by atoms with Crippen molar-refractivity contribution in [1.82, 2.24) is 0 Å². The Morgan fingerprint density at radius 3 is 2.17 bits per heavy atom. The first-order valence-corrected chi connectivity index (χ1v) is 8.60. The lowest BCUT2D eigenvalue weighted by atomic mass is 10.1. The van der Waals surface area contributed by atoms with E-state index in [4.69, 9.17) is 9.57 Å². The maximum atomic E-state index is 12.5. The lowest BCUT2D eigenvalue weighted by Crippen LogP contribution is -2.06. The molecule has 0 aliphatic carbocycles. The van der Waals surface area contributed by atoms with Crippen LogP contribution >= 0.6 is 0 Å². The summed E-state index contributed by atoms with van der Waals surface area (Å²) in [5.74, 6) is -0.175. The molecule has 3 rings (SSSR count). The fourth-order valence-electron chi connectivity index (χ4n) is 2.37. The van der Waals surface area contributed by atoms with E-state index in [2.05, 4.69) is 5.16 Å². The number of carbonyl (C=O) groups excluding carboxylic acids is 1. The normalized spacial score (nSPS) is 11.4. The molecule has 0 heterocycles. The molecule has 0 aromatic heterocycles. The molecule has 0 aliphatic rings. The Balaban J connectivity index is 1.51. The Labute approximate surface area is 165 Å². The van der Waals surface area contributed by atoms with Crippen molar-refractivity contribution in [2.75, 3.05) is 0 Å². The van der Waals surface area contributed by atoms with Crippen LogP contribution in [0.2, 0.25) is 0 Å². The summed E-state index contributed by atoms with van der Waals surface area (Å²) in [4.78, 5) is 16.5. The van der Waals surface area contributed by atoms with Gasteiger partial charge >= 0.3 is 12.1 Å². The summed E-state index contributed by atoms with van der Waals surface area (Å²) < 4.78 is 43.2. The van der Waals surface area contributed by atoms with E-state index in [1.54, 1.807) is 24.3 Å². The predicted molar refractivity (Wildman–Crippen MR) is 102 cm³/mol. The first-order valence-electron chi connectivity index (χ1n) is 8.60. The molecule has 0 N–H and O–H groups in total. The van der Waals surface area contributed by atoms with E-state index in [0.29, 0.717) is 17.9 Å². The van der Waals surface area contributed by atoms with E-state index in [1.165, 1.54) is 6.21 Å². The molecule has 3 aromatic carbocycles. The van der Waals surface area contributed by atoms with Gasteiger partial charge in [0.25, 0.3) is 0 Å². The van der Waals surface area contributed by atoms with Crippen LogP contribution in [0.1, 0.15) is 27.0 Å². The Morgan fingerprint density at radius 1 is 0.897 bits per heavy atom. The van der Waals surface area contributed by atoms with E-state index < -0.39 is 17.7 Å². The van der Waals surface area contributed by atoms with Crippen LogP contribution in [0.15, 0.2) is 84.0 Å². The van der Waals surface area contributed by atoms with Gasteiger partial charge in [-0.25, -0.2) is 4.79 Å². The second kappa shape index (κ2) is 9.05. The predicted octanol–water partition coefficient (Wildman–Crippen LogP) is 5.48. The highest BCUT2D eigenvalue weighted by molar-refractivity contribution is 5.90. The number of oxime groups is 1. The first kappa shape index (κ1) is 20.1. The van der Waals surface area contributed by atoms with Crippen molar-refractivity contribution >= 4 is 12.2 Å². The summed E-state index contributed by atoms with van der Waals surface area (Å²) in [5, 5.41) is 3.57. The molecule has 4 nitrogen and oxygen atoms in total. The first-order chi connectivity index (χ1) is 13.9. The molecule has 7 heteroatoms. The molecule has 0 spiro atoms. The molecule has 3 aromatic rings. The number of carbonyl (C=O) groups is 1. The van der Waals surface area contributed by atoms with Crippen LogP contribution in [-0.4, -0.2) is 12.2 Å². The monoisotopic (exact) mass is 399 g/mol. The fraction of sp³-hybridized carbons (Fsp3) is 0.0909. The Hall–Kier alpha value is -3.61.